The molecule has 0 saturated carbocycles. The van der Waals surface area contributed by atoms with Crippen LogP contribution in [-0.4, -0.2) is 0 Å². The third kappa shape index (κ3) is 3.11. The lowest BCUT2D eigenvalue weighted by Crippen LogP contribution is -1.80. The van der Waals surface area contributed by atoms with Crippen molar-refractivity contribution in [3.8, 4) is 0 Å². The van der Waals surface area contributed by atoms with Gasteiger partial charge in [0.25, 0.3) is 0 Å². The third-order valence-corrected chi connectivity index (χ3v) is 12.0. The van der Waals surface area contributed by atoms with Crippen LogP contribution >= 0.6 is 15.1 Å². The minimum Gasteiger partial charge on any atom is -0.118 e. The molecule has 0 amide bonds. The Bertz CT molecular complexity index is 572. The van der Waals surface area contributed by atoms with Crippen molar-refractivity contribution in [3.63, 3.8) is 0 Å². The minimum atomic E-state index is 0.0326. The maximum atomic E-state index is 2.37. The summed E-state index contributed by atoms with van der Waals surface area (Å²) in [4.78, 5) is 0. The molecular formula is C20H32P2. The van der Waals surface area contributed by atoms with E-state index in [0.29, 0.717) is 0 Å². The van der Waals surface area contributed by atoms with Crippen molar-refractivity contribution in [3.05, 3.63) is 43.4 Å². The fraction of sp³-hybridized carbons (Fsp3) is 0.600. The Balaban J connectivity index is 1.99. The standard InChI is InChI=1S/C20H32P2/c1-13-14(2)18(6)21(17(13)5)11-9-10-12-22-19(7)15(3)16(4)20(22)8/h9-12H2,1-8H3. The summed E-state index contributed by atoms with van der Waals surface area (Å²) >= 11 is 0. The van der Waals surface area contributed by atoms with E-state index in [2.05, 4.69) is 55.4 Å². The van der Waals surface area contributed by atoms with Crippen molar-refractivity contribution in [1.82, 2.24) is 0 Å². The lowest BCUT2D eigenvalue weighted by Gasteiger charge is -2.08. The molecule has 0 aromatic carbocycles. The van der Waals surface area contributed by atoms with Crippen molar-refractivity contribution in [1.29, 1.82) is 0 Å². The van der Waals surface area contributed by atoms with E-state index < -0.39 is 0 Å². The summed E-state index contributed by atoms with van der Waals surface area (Å²) in [5.41, 5.74) is 6.31. The Kier molecular flexibility index (Phi) is 5.68. The van der Waals surface area contributed by atoms with Crippen LogP contribution < -0.4 is 0 Å². The number of hydrogen-bond acceptors (Lipinski definition) is 0. The first-order chi connectivity index (χ1) is 10.3. The van der Waals surface area contributed by atoms with Gasteiger partial charge in [-0.25, -0.2) is 0 Å². The average molecular weight is 334 g/mol. The van der Waals surface area contributed by atoms with Crippen molar-refractivity contribution in [2.75, 3.05) is 0 Å². The van der Waals surface area contributed by atoms with Gasteiger partial charge in [0.1, 0.15) is 0 Å². The highest BCUT2D eigenvalue weighted by molar-refractivity contribution is 7.51. The molecule has 0 aliphatic heterocycles. The molecule has 2 rings (SSSR count). The molecule has 2 heteroatoms. The summed E-state index contributed by atoms with van der Waals surface area (Å²) in [6.07, 6.45) is 5.62. The van der Waals surface area contributed by atoms with E-state index in [-0.39, 0.29) is 15.1 Å². The van der Waals surface area contributed by atoms with Crippen LogP contribution in [0.15, 0.2) is 0 Å². The van der Waals surface area contributed by atoms with Crippen molar-refractivity contribution < 1.29 is 0 Å². The van der Waals surface area contributed by atoms with Crippen LogP contribution in [0, 0.1) is 55.4 Å². The van der Waals surface area contributed by atoms with Gasteiger partial charge in [0.15, 0.2) is 0 Å². The van der Waals surface area contributed by atoms with Crippen LogP contribution in [0.25, 0.3) is 0 Å². The predicted molar refractivity (Wildman–Crippen MR) is 105 cm³/mol. The van der Waals surface area contributed by atoms with Gasteiger partial charge in [-0.15, -0.1) is 15.1 Å². The van der Waals surface area contributed by atoms with Gasteiger partial charge in [0.05, 0.1) is 0 Å². The van der Waals surface area contributed by atoms with Gasteiger partial charge < -0.3 is 0 Å². The highest BCUT2D eigenvalue weighted by atomic mass is 31.1. The molecule has 0 aliphatic rings. The van der Waals surface area contributed by atoms with E-state index in [9.17, 15) is 0 Å². The Morgan fingerprint density at radius 1 is 0.455 bits per heavy atom. The topological polar surface area (TPSA) is 0 Å². The van der Waals surface area contributed by atoms with Crippen LogP contribution in [0.4, 0.5) is 0 Å². The summed E-state index contributed by atoms with van der Waals surface area (Å²) in [5, 5.41) is 6.76. The molecule has 0 unspecified atom stereocenters. The molecule has 0 spiro atoms. The van der Waals surface area contributed by atoms with Crippen LogP contribution in [-0.2, 0) is 12.3 Å². The average Bonchev–Trinajstić information content (AvgIpc) is 2.79. The van der Waals surface area contributed by atoms with Crippen LogP contribution in [0.3, 0.4) is 0 Å². The molecule has 2 aromatic rings. The Morgan fingerprint density at radius 3 is 0.909 bits per heavy atom. The van der Waals surface area contributed by atoms with Crippen LogP contribution in [0.1, 0.15) is 56.3 Å². The van der Waals surface area contributed by atoms with E-state index >= 15 is 0 Å². The Labute approximate surface area is 139 Å². The largest absolute Gasteiger partial charge is 0.118 e. The SMILES string of the molecule is Cc1c(C)c(C)p(CCCCp2c(C)c(C)c(C)c2C)c1C. The third-order valence-electron chi connectivity index (χ3n) is 5.93. The second-order valence-electron chi connectivity index (χ2n) is 6.85. The first-order valence-electron chi connectivity index (χ1n) is 8.53. The monoisotopic (exact) mass is 334 g/mol. The maximum absolute atomic E-state index is 2.37. The van der Waals surface area contributed by atoms with Gasteiger partial charge in [0, 0.05) is 0 Å². The molecule has 122 valence electrons. The zero-order valence-electron chi connectivity index (χ0n) is 15.7. The van der Waals surface area contributed by atoms with Gasteiger partial charge in [-0.1, -0.05) is 0 Å². The molecular weight excluding hydrogens is 302 g/mol. The summed E-state index contributed by atoms with van der Waals surface area (Å²) in [6, 6.07) is 0. The summed E-state index contributed by atoms with van der Waals surface area (Å²) in [7, 11) is 0.0652. The lowest BCUT2D eigenvalue weighted by atomic mass is 10.2. The molecule has 2 aromatic heterocycles. The first kappa shape index (κ1) is 17.9. The van der Waals surface area contributed by atoms with E-state index in [1.54, 1.807) is 43.4 Å². The fourth-order valence-corrected chi connectivity index (χ4v) is 9.33. The second kappa shape index (κ2) is 6.98. The smallest absolute Gasteiger partial charge is 0.0136 e. The zero-order valence-corrected chi connectivity index (χ0v) is 17.5. The van der Waals surface area contributed by atoms with Gasteiger partial charge in [0.2, 0.25) is 0 Å². The van der Waals surface area contributed by atoms with Crippen LogP contribution in [0.5, 0.6) is 0 Å². The molecule has 0 nitrogen and oxygen atoms in total. The minimum absolute atomic E-state index is 0.0326. The molecule has 0 radical (unpaired) electrons. The highest BCUT2D eigenvalue weighted by Gasteiger charge is 2.13. The Morgan fingerprint density at radius 2 is 0.682 bits per heavy atom. The number of rotatable bonds is 5. The number of unbranched alkanes of at least 4 members (excludes halogenated alkanes) is 1. The summed E-state index contributed by atoms with van der Waals surface area (Å²) < 4.78 is 0. The van der Waals surface area contributed by atoms with Crippen molar-refractivity contribution in [2.45, 2.75) is 80.6 Å². The molecule has 0 fully saturated rings. The van der Waals surface area contributed by atoms with Gasteiger partial charge in [-0.05, 0) is 124 Å². The zero-order chi connectivity index (χ0) is 16.6. The maximum Gasteiger partial charge on any atom is -0.0136 e. The highest BCUT2D eigenvalue weighted by Crippen LogP contribution is 2.48. The van der Waals surface area contributed by atoms with Gasteiger partial charge in [-0.2, -0.15) is 0 Å². The van der Waals surface area contributed by atoms with Gasteiger partial charge >= 0.3 is 0 Å². The molecule has 2 heterocycles. The normalized spacial score (nSPS) is 11.5. The molecule has 0 aliphatic carbocycles. The predicted octanol–water partition coefficient (Wildman–Crippen LogP) is 7.61. The van der Waals surface area contributed by atoms with Crippen molar-refractivity contribution in [2.24, 2.45) is 0 Å². The second-order valence-corrected chi connectivity index (χ2v) is 12.1. The van der Waals surface area contributed by atoms with Crippen LogP contribution in [0.2, 0.25) is 0 Å². The first-order valence-corrected chi connectivity index (χ1v) is 11.6. The molecule has 0 N–H and O–H groups in total. The lowest BCUT2D eigenvalue weighted by molar-refractivity contribution is 0.826. The fourth-order valence-electron chi connectivity index (χ4n) is 3.61. The van der Waals surface area contributed by atoms with E-state index in [1.165, 1.54) is 25.2 Å². The number of hydrogen-bond donors (Lipinski definition) is 0. The molecule has 0 saturated heterocycles. The summed E-state index contributed by atoms with van der Waals surface area (Å²) in [6.45, 7) is 18.7. The van der Waals surface area contributed by atoms with Gasteiger partial charge in [-0.3, -0.25) is 0 Å². The van der Waals surface area contributed by atoms with E-state index in [4.69, 9.17) is 0 Å². The molecule has 0 bridgehead atoms. The summed E-state index contributed by atoms with van der Waals surface area (Å²) in [5.74, 6) is 0. The quantitative estimate of drug-likeness (QED) is 0.494. The Hall–Kier alpha value is -0.440. The van der Waals surface area contributed by atoms with Crippen molar-refractivity contribution >= 4 is 15.1 Å². The molecule has 22 heavy (non-hydrogen) atoms. The molecule has 0 atom stereocenters. The van der Waals surface area contributed by atoms with E-state index in [0.717, 1.165) is 0 Å². The van der Waals surface area contributed by atoms with E-state index in [1.807, 2.05) is 0 Å².